The number of aryl methyl sites for hydroxylation is 1. The highest BCUT2D eigenvalue weighted by Gasteiger charge is 2.15. The minimum absolute atomic E-state index is 0.167. The maximum atomic E-state index is 12.3. The summed E-state index contributed by atoms with van der Waals surface area (Å²) in [6.07, 6.45) is 0.706. The van der Waals surface area contributed by atoms with E-state index < -0.39 is 10.0 Å². The van der Waals surface area contributed by atoms with Gasteiger partial charge in [0, 0.05) is 12.2 Å². The molecule has 3 aromatic rings. The Bertz CT molecular complexity index is 1160. The van der Waals surface area contributed by atoms with Crippen molar-refractivity contribution in [2.45, 2.75) is 31.8 Å². The first-order chi connectivity index (χ1) is 15.9. The molecule has 7 nitrogen and oxygen atoms in total. The van der Waals surface area contributed by atoms with Gasteiger partial charge in [0.2, 0.25) is 10.0 Å². The van der Waals surface area contributed by atoms with Crippen molar-refractivity contribution in [3.8, 4) is 11.5 Å². The van der Waals surface area contributed by atoms with E-state index in [2.05, 4.69) is 10.0 Å². The highest BCUT2D eigenvalue weighted by atomic mass is 32.2. The van der Waals surface area contributed by atoms with Crippen LogP contribution in [-0.4, -0.2) is 27.5 Å². The Balaban J connectivity index is 1.50. The van der Waals surface area contributed by atoms with Crippen LogP contribution in [0.25, 0.3) is 0 Å². The van der Waals surface area contributed by atoms with Crippen molar-refractivity contribution >= 4 is 21.6 Å². The maximum absolute atomic E-state index is 12.3. The fourth-order valence-electron chi connectivity index (χ4n) is 2.99. The molecule has 0 spiro atoms. The molecule has 0 aliphatic rings. The van der Waals surface area contributed by atoms with Crippen molar-refractivity contribution < 1.29 is 22.7 Å². The summed E-state index contributed by atoms with van der Waals surface area (Å²) < 4.78 is 38.3. The lowest BCUT2D eigenvalue weighted by Gasteiger charge is -2.12. The Morgan fingerprint density at radius 1 is 0.939 bits per heavy atom. The van der Waals surface area contributed by atoms with Crippen LogP contribution >= 0.6 is 0 Å². The van der Waals surface area contributed by atoms with Crippen LogP contribution in [0.3, 0.4) is 0 Å². The number of ether oxygens (including phenoxy) is 2. The Kier molecular flexibility index (Phi) is 8.46. The molecule has 0 fully saturated rings. The quantitative estimate of drug-likeness (QED) is 0.438. The normalized spacial score (nSPS) is 11.1. The number of carbonyl (C=O) groups excluding carboxylic acids is 1. The van der Waals surface area contributed by atoms with Crippen LogP contribution in [0.2, 0.25) is 0 Å². The summed E-state index contributed by atoms with van der Waals surface area (Å²) in [7, 11) is -3.55. The van der Waals surface area contributed by atoms with Gasteiger partial charge in [-0.05, 0) is 66.9 Å². The summed E-state index contributed by atoms with van der Waals surface area (Å²) in [4.78, 5) is 12.4. The molecule has 0 aliphatic heterocycles. The second kappa shape index (κ2) is 11.5. The molecule has 8 heteroatoms. The SMILES string of the molecule is CCCNS(=O)(=O)c1ccc(OCC(=O)Nc2ccc(OCc3ccccc3)cc2)c(C)c1. The zero-order chi connectivity index (χ0) is 23.7. The van der Waals surface area contributed by atoms with E-state index in [1.54, 1.807) is 37.3 Å². The summed E-state index contributed by atoms with van der Waals surface area (Å²) in [6, 6.07) is 21.5. The second-order valence-corrected chi connectivity index (χ2v) is 9.23. The van der Waals surface area contributed by atoms with Gasteiger partial charge >= 0.3 is 0 Å². The molecule has 1 amide bonds. The van der Waals surface area contributed by atoms with Gasteiger partial charge in [-0.25, -0.2) is 13.1 Å². The molecule has 3 rings (SSSR count). The maximum Gasteiger partial charge on any atom is 0.262 e. The molecule has 0 bridgehead atoms. The zero-order valence-electron chi connectivity index (χ0n) is 18.7. The third-order valence-electron chi connectivity index (χ3n) is 4.74. The minimum Gasteiger partial charge on any atom is -0.489 e. The molecule has 0 radical (unpaired) electrons. The van der Waals surface area contributed by atoms with Gasteiger partial charge in [0.25, 0.3) is 5.91 Å². The van der Waals surface area contributed by atoms with E-state index >= 15 is 0 Å². The molecule has 0 aromatic heterocycles. The Hall–Kier alpha value is -3.36. The summed E-state index contributed by atoms with van der Waals surface area (Å²) in [5.74, 6) is 0.824. The predicted octanol–water partition coefficient (Wildman–Crippen LogP) is 4.28. The topological polar surface area (TPSA) is 93.7 Å². The van der Waals surface area contributed by atoms with Crippen molar-refractivity contribution in [2.24, 2.45) is 0 Å². The first-order valence-corrected chi connectivity index (χ1v) is 12.2. The predicted molar refractivity (Wildman–Crippen MR) is 128 cm³/mol. The van der Waals surface area contributed by atoms with Gasteiger partial charge in [-0.2, -0.15) is 0 Å². The van der Waals surface area contributed by atoms with Crippen molar-refractivity contribution in [1.82, 2.24) is 4.72 Å². The minimum atomic E-state index is -3.55. The van der Waals surface area contributed by atoms with Gasteiger partial charge in [0.1, 0.15) is 18.1 Å². The molecule has 0 aliphatic carbocycles. The summed E-state index contributed by atoms with van der Waals surface area (Å²) in [5.41, 5.74) is 2.32. The lowest BCUT2D eigenvalue weighted by Crippen LogP contribution is -2.24. The van der Waals surface area contributed by atoms with Crippen LogP contribution in [0.1, 0.15) is 24.5 Å². The standard InChI is InChI=1S/C25H28N2O5S/c1-3-15-26-33(29,30)23-13-14-24(19(2)16-23)32-18-25(28)27-21-9-11-22(12-10-21)31-17-20-7-5-4-6-8-20/h4-14,16,26H,3,15,17-18H2,1-2H3,(H,27,28). The molecule has 0 unspecified atom stereocenters. The Morgan fingerprint density at radius 2 is 1.67 bits per heavy atom. The van der Waals surface area contributed by atoms with Crippen molar-refractivity contribution in [1.29, 1.82) is 0 Å². The zero-order valence-corrected chi connectivity index (χ0v) is 19.5. The lowest BCUT2D eigenvalue weighted by molar-refractivity contribution is -0.118. The molecular weight excluding hydrogens is 440 g/mol. The van der Waals surface area contributed by atoms with Gasteiger partial charge < -0.3 is 14.8 Å². The van der Waals surface area contributed by atoms with E-state index in [9.17, 15) is 13.2 Å². The monoisotopic (exact) mass is 468 g/mol. The van der Waals surface area contributed by atoms with E-state index in [-0.39, 0.29) is 17.4 Å². The molecule has 3 aromatic carbocycles. The highest BCUT2D eigenvalue weighted by molar-refractivity contribution is 7.89. The fourth-order valence-corrected chi connectivity index (χ4v) is 4.21. The number of benzene rings is 3. The number of sulfonamides is 1. The molecule has 174 valence electrons. The van der Waals surface area contributed by atoms with E-state index in [0.717, 1.165) is 5.56 Å². The third kappa shape index (κ3) is 7.34. The lowest BCUT2D eigenvalue weighted by atomic mass is 10.2. The van der Waals surface area contributed by atoms with Crippen LogP contribution in [0.5, 0.6) is 11.5 Å². The summed E-state index contributed by atoms with van der Waals surface area (Å²) in [5, 5.41) is 2.77. The van der Waals surface area contributed by atoms with Gasteiger partial charge in [-0.3, -0.25) is 4.79 Å². The molecular formula is C25H28N2O5S. The molecule has 0 heterocycles. The van der Waals surface area contributed by atoms with E-state index in [1.807, 2.05) is 37.3 Å². The third-order valence-corrected chi connectivity index (χ3v) is 6.20. The van der Waals surface area contributed by atoms with Gasteiger partial charge in [0.15, 0.2) is 6.61 Å². The van der Waals surface area contributed by atoms with Crippen molar-refractivity contribution in [2.75, 3.05) is 18.5 Å². The van der Waals surface area contributed by atoms with E-state index in [4.69, 9.17) is 9.47 Å². The van der Waals surface area contributed by atoms with Gasteiger partial charge in [-0.1, -0.05) is 37.3 Å². The largest absolute Gasteiger partial charge is 0.489 e. The fraction of sp³-hybridized carbons (Fsp3) is 0.240. The van der Waals surface area contributed by atoms with E-state index in [0.29, 0.717) is 42.3 Å². The van der Waals surface area contributed by atoms with Crippen molar-refractivity contribution in [3.05, 3.63) is 83.9 Å². The summed E-state index contributed by atoms with van der Waals surface area (Å²) >= 11 is 0. The molecule has 0 atom stereocenters. The first-order valence-electron chi connectivity index (χ1n) is 10.7. The number of amides is 1. The molecule has 0 saturated heterocycles. The average molecular weight is 469 g/mol. The number of carbonyl (C=O) groups is 1. The number of anilines is 1. The average Bonchev–Trinajstić information content (AvgIpc) is 2.82. The molecule has 0 saturated carbocycles. The molecule has 2 N–H and O–H groups in total. The number of hydrogen-bond acceptors (Lipinski definition) is 5. The molecule has 33 heavy (non-hydrogen) atoms. The van der Waals surface area contributed by atoms with Gasteiger partial charge in [0.05, 0.1) is 4.90 Å². The number of nitrogens with one attached hydrogen (secondary N) is 2. The van der Waals surface area contributed by atoms with Crippen LogP contribution in [-0.2, 0) is 21.4 Å². The number of rotatable bonds is 11. The van der Waals surface area contributed by atoms with Crippen LogP contribution in [0.4, 0.5) is 5.69 Å². The highest BCUT2D eigenvalue weighted by Crippen LogP contribution is 2.22. The van der Waals surface area contributed by atoms with E-state index in [1.165, 1.54) is 12.1 Å². The summed E-state index contributed by atoms with van der Waals surface area (Å²) in [6.45, 7) is 4.27. The Labute approximate surface area is 194 Å². The van der Waals surface area contributed by atoms with Crippen LogP contribution in [0.15, 0.2) is 77.7 Å². The first kappa shape index (κ1) is 24.3. The second-order valence-electron chi connectivity index (χ2n) is 7.46. The van der Waals surface area contributed by atoms with Gasteiger partial charge in [-0.15, -0.1) is 0 Å². The van der Waals surface area contributed by atoms with Crippen LogP contribution in [0, 0.1) is 6.92 Å². The van der Waals surface area contributed by atoms with Crippen LogP contribution < -0.4 is 19.5 Å². The smallest absolute Gasteiger partial charge is 0.262 e. The van der Waals surface area contributed by atoms with Crippen molar-refractivity contribution in [3.63, 3.8) is 0 Å². The Morgan fingerprint density at radius 3 is 2.33 bits per heavy atom. The number of hydrogen-bond donors (Lipinski definition) is 2.